The number of carbonyl (C=O) groups is 2. The fourth-order valence-electron chi connectivity index (χ4n) is 2.87. The molecule has 1 aromatic heterocycles. The fraction of sp³-hybridized carbons (Fsp3) is 0.227. The third-order valence-corrected chi connectivity index (χ3v) is 4.27. The second-order valence-electron chi connectivity index (χ2n) is 6.56. The molecule has 2 amide bonds. The maximum absolute atomic E-state index is 12.0. The molecular weight excluding hydrogens is 352 g/mol. The standard InChI is InChI=1S/C22H24N4O2/c27-21(10-12-23-22(28)15-18-6-2-1-3-7-18)24-16-19-8-4-9-20(14-19)17-26-13-5-11-25-26/h1-9,11,13-14H,10,12,15-17H2,(H,23,28)(H,24,27). The van der Waals surface area contributed by atoms with Gasteiger partial charge in [-0.1, -0.05) is 54.6 Å². The highest BCUT2D eigenvalue weighted by Gasteiger charge is 2.06. The van der Waals surface area contributed by atoms with Gasteiger partial charge in [-0.3, -0.25) is 14.3 Å². The highest BCUT2D eigenvalue weighted by Crippen LogP contribution is 2.07. The van der Waals surface area contributed by atoms with Crippen LogP contribution in [-0.4, -0.2) is 28.1 Å². The van der Waals surface area contributed by atoms with Crippen molar-refractivity contribution in [3.05, 3.63) is 89.7 Å². The molecular formula is C22H24N4O2. The Balaban J connectivity index is 1.36. The number of carbonyl (C=O) groups excluding carboxylic acids is 2. The van der Waals surface area contributed by atoms with Gasteiger partial charge in [-0.25, -0.2) is 0 Å². The van der Waals surface area contributed by atoms with Crippen LogP contribution in [0.25, 0.3) is 0 Å². The quantitative estimate of drug-likeness (QED) is 0.602. The van der Waals surface area contributed by atoms with Gasteiger partial charge in [-0.15, -0.1) is 0 Å². The lowest BCUT2D eigenvalue weighted by Gasteiger charge is -2.09. The van der Waals surface area contributed by atoms with Crippen molar-refractivity contribution < 1.29 is 9.59 Å². The van der Waals surface area contributed by atoms with Gasteiger partial charge < -0.3 is 10.6 Å². The topological polar surface area (TPSA) is 76.0 Å². The van der Waals surface area contributed by atoms with Crippen molar-refractivity contribution in [1.82, 2.24) is 20.4 Å². The molecule has 0 fully saturated rings. The highest BCUT2D eigenvalue weighted by molar-refractivity contribution is 5.80. The first kappa shape index (κ1) is 19.4. The van der Waals surface area contributed by atoms with Crippen LogP contribution >= 0.6 is 0 Å². The van der Waals surface area contributed by atoms with E-state index >= 15 is 0 Å². The lowest BCUT2D eigenvalue weighted by atomic mass is 10.1. The number of amides is 2. The average molecular weight is 376 g/mol. The van der Waals surface area contributed by atoms with E-state index in [9.17, 15) is 9.59 Å². The number of benzene rings is 2. The van der Waals surface area contributed by atoms with Gasteiger partial charge >= 0.3 is 0 Å². The largest absolute Gasteiger partial charge is 0.355 e. The molecule has 0 radical (unpaired) electrons. The van der Waals surface area contributed by atoms with Gasteiger partial charge in [-0.05, 0) is 22.8 Å². The Bertz CT molecular complexity index is 892. The Labute approximate surface area is 164 Å². The van der Waals surface area contributed by atoms with Crippen molar-refractivity contribution in [3.63, 3.8) is 0 Å². The number of nitrogens with one attached hydrogen (secondary N) is 2. The summed E-state index contributed by atoms with van der Waals surface area (Å²) in [5.41, 5.74) is 3.12. The summed E-state index contributed by atoms with van der Waals surface area (Å²) in [7, 11) is 0. The van der Waals surface area contributed by atoms with Gasteiger partial charge in [0.05, 0.1) is 13.0 Å². The van der Waals surface area contributed by atoms with E-state index in [0.717, 1.165) is 16.7 Å². The number of hydrogen-bond donors (Lipinski definition) is 2. The Kier molecular flexibility index (Phi) is 6.95. The normalized spacial score (nSPS) is 10.4. The maximum atomic E-state index is 12.0. The molecule has 0 aliphatic heterocycles. The second kappa shape index (κ2) is 10.1. The van der Waals surface area contributed by atoms with E-state index < -0.39 is 0 Å². The molecule has 2 N–H and O–H groups in total. The van der Waals surface area contributed by atoms with Gasteiger partial charge in [0.25, 0.3) is 0 Å². The summed E-state index contributed by atoms with van der Waals surface area (Å²) in [4.78, 5) is 23.9. The van der Waals surface area contributed by atoms with Crippen LogP contribution in [0.15, 0.2) is 73.1 Å². The van der Waals surface area contributed by atoms with E-state index in [2.05, 4.69) is 21.8 Å². The van der Waals surface area contributed by atoms with Gasteiger partial charge in [0.2, 0.25) is 11.8 Å². The molecule has 6 nitrogen and oxygen atoms in total. The van der Waals surface area contributed by atoms with Gasteiger partial charge in [0.15, 0.2) is 0 Å². The van der Waals surface area contributed by atoms with Gasteiger partial charge in [-0.2, -0.15) is 5.10 Å². The molecule has 6 heteroatoms. The fourth-order valence-corrected chi connectivity index (χ4v) is 2.87. The smallest absolute Gasteiger partial charge is 0.224 e. The van der Waals surface area contributed by atoms with Gasteiger partial charge in [0.1, 0.15) is 0 Å². The molecule has 0 spiro atoms. The molecule has 0 aliphatic rings. The Morgan fingerprint density at radius 1 is 0.857 bits per heavy atom. The zero-order valence-electron chi connectivity index (χ0n) is 15.7. The third kappa shape index (κ3) is 6.39. The number of rotatable bonds is 9. The number of nitrogens with zero attached hydrogens (tertiary/aromatic N) is 2. The zero-order chi connectivity index (χ0) is 19.6. The maximum Gasteiger partial charge on any atom is 0.224 e. The predicted octanol–water partition coefficient (Wildman–Crippen LogP) is 2.30. The molecule has 0 atom stereocenters. The van der Waals surface area contributed by atoms with Crippen LogP contribution in [-0.2, 0) is 29.1 Å². The van der Waals surface area contributed by atoms with Crippen molar-refractivity contribution in [2.75, 3.05) is 6.54 Å². The molecule has 144 valence electrons. The van der Waals surface area contributed by atoms with Gasteiger partial charge in [0, 0.05) is 31.9 Å². The number of aromatic nitrogens is 2. The summed E-state index contributed by atoms with van der Waals surface area (Å²) in [6.07, 6.45) is 4.25. The first-order valence-electron chi connectivity index (χ1n) is 9.31. The summed E-state index contributed by atoms with van der Waals surface area (Å²) in [5.74, 6) is -0.164. The molecule has 0 bridgehead atoms. The summed E-state index contributed by atoms with van der Waals surface area (Å²) in [6.45, 7) is 1.49. The zero-order valence-corrected chi connectivity index (χ0v) is 15.7. The summed E-state index contributed by atoms with van der Waals surface area (Å²) in [5, 5.41) is 9.88. The van der Waals surface area contributed by atoms with Crippen molar-refractivity contribution in [1.29, 1.82) is 0 Å². The molecule has 0 saturated heterocycles. The molecule has 2 aromatic carbocycles. The van der Waals surface area contributed by atoms with Crippen LogP contribution in [0.3, 0.4) is 0 Å². The second-order valence-corrected chi connectivity index (χ2v) is 6.56. The average Bonchev–Trinajstić information content (AvgIpc) is 3.20. The van der Waals surface area contributed by atoms with Crippen LogP contribution in [0.4, 0.5) is 0 Å². The van der Waals surface area contributed by atoms with E-state index in [-0.39, 0.29) is 18.2 Å². The van der Waals surface area contributed by atoms with Crippen LogP contribution in [0.1, 0.15) is 23.1 Å². The lowest BCUT2D eigenvalue weighted by molar-refractivity contribution is -0.122. The minimum atomic E-state index is -0.0857. The van der Waals surface area contributed by atoms with Crippen molar-refractivity contribution in [2.24, 2.45) is 0 Å². The highest BCUT2D eigenvalue weighted by atomic mass is 16.2. The monoisotopic (exact) mass is 376 g/mol. The van der Waals surface area contributed by atoms with Crippen molar-refractivity contribution in [2.45, 2.75) is 25.9 Å². The summed E-state index contributed by atoms with van der Waals surface area (Å²) < 4.78 is 1.86. The molecule has 3 rings (SSSR count). The van der Waals surface area contributed by atoms with E-state index in [1.54, 1.807) is 6.20 Å². The van der Waals surface area contributed by atoms with Crippen molar-refractivity contribution in [3.8, 4) is 0 Å². The van der Waals surface area contributed by atoms with Crippen LogP contribution in [0.5, 0.6) is 0 Å². The molecule has 0 aliphatic carbocycles. The number of hydrogen-bond acceptors (Lipinski definition) is 3. The van der Waals surface area contributed by atoms with E-state index in [1.165, 1.54) is 0 Å². The SMILES string of the molecule is O=C(CCNC(=O)Cc1ccccc1)NCc1cccc(Cn2cccn2)c1. The van der Waals surface area contributed by atoms with E-state index in [1.807, 2.05) is 65.5 Å². The summed E-state index contributed by atoms with van der Waals surface area (Å²) >= 11 is 0. The molecule has 0 unspecified atom stereocenters. The van der Waals surface area contributed by atoms with Crippen LogP contribution in [0.2, 0.25) is 0 Å². The van der Waals surface area contributed by atoms with E-state index in [0.29, 0.717) is 26.1 Å². The minimum absolute atomic E-state index is 0.0784. The molecule has 0 saturated carbocycles. The van der Waals surface area contributed by atoms with Crippen molar-refractivity contribution >= 4 is 11.8 Å². The molecule has 28 heavy (non-hydrogen) atoms. The first-order chi connectivity index (χ1) is 13.7. The van der Waals surface area contributed by atoms with Crippen LogP contribution < -0.4 is 10.6 Å². The third-order valence-electron chi connectivity index (χ3n) is 4.27. The van der Waals surface area contributed by atoms with Crippen LogP contribution in [0, 0.1) is 0 Å². The van der Waals surface area contributed by atoms with E-state index in [4.69, 9.17) is 0 Å². The predicted molar refractivity (Wildman–Crippen MR) is 107 cm³/mol. The Morgan fingerprint density at radius 3 is 2.43 bits per heavy atom. The minimum Gasteiger partial charge on any atom is -0.355 e. The molecule has 3 aromatic rings. The first-order valence-corrected chi connectivity index (χ1v) is 9.31. The lowest BCUT2D eigenvalue weighted by Crippen LogP contribution is -2.31. The Hall–Kier alpha value is -3.41. The Morgan fingerprint density at radius 2 is 1.64 bits per heavy atom. The summed E-state index contributed by atoms with van der Waals surface area (Å²) in [6, 6.07) is 19.5. The molecule has 1 heterocycles.